The van der Waals surface area contributed by atoms with Crippen molar-refractivity contribution in [2.24, 2.45) is 7.05 Å². The lowest BCUT2D eigenvalue weighted by Gasteiger charge is -2.19. The van der Waals surface area contributed by atoms with Gasteiger partial charge in [0.1, 0.15) is 0 Å². The second-order valence-corrected chi connectivity index (χ2v) is 7.36. The highest BCUT2D eigenvalue weighted by atomic mass is 16.2. The second-order valence-electron chi connectivity index (χ2n) is 7.36. The minimum Gasteiger partial charge on any atom is -0.345 e. The number of nitrogens with zero attached hydrogens (tertiary/aromatic N) is 3. The van der Waals surface area contributed by atoms with Crippen LogP contribution in [-0.4, -0.2) is 26.6 Å². The van der Waals surface area contributed by atoms with E-state index < -0.39 is 6.04 Å². The largest absolute Gasteiger partial charge is 0.345 e. The number of benzene rings is 2. The number of rotatable bonds is 6. The van der Waals surface area contributed by atoms with Crippen molar-refractivity contribution in [3.63, 3.8) is 0 Å². The molecule has 4 rings (SSSR count). The van der Waals surface area contributed by atoms with Crippen LogP contribution in [0.25, 0.3) is 11.0 Å². The Hall–Kier alpha value is -4.00. The summed E-state index contributed by atoms with van der Waals surface area (Å²) in [6.07, 6.45) is 1.70. The fourth-order valence-corrected chi connectivity index (χ4v) is 3.54. The minimum absolute atomic E-state index is 0.0899. The van der Waals surface area contributed by atoms with E-state index in [2.05, 4.69) is 20.7 Å². The molecule has 7 heteroatoms. The van der Waals surface area contributed by atoms with Crippen LogP contribution in [0.5, 0.6) is 0 Å². The number of carbonyl (C=O) groups is 2. The van der Waals surface area contributed by atoms with Crippen LogP contribution in [0.3, 0.4) is 0 Å². The fourth-order valence-electron chi connectivity index (χ4n) is 3.54. The summed E-state index contributed by atoms with van der Waals surface area (Å²) in [5.41, 5.74) is 3.60. The summed E-state index contributed by atoms with van der Waals surface area (Å²) in [7, 11) is 1.83. The maximum absolute atomic E-state index is 12.8. The molecule has 156 valence electrons. The first kappa shape index (κ1) is 20.3. The first-order chi connectivity index (χ1) is 15.0. The molecule has 7 nitrogen and oxygen atoms in total. The Morgan fingerprint density at radius 3 is 2.42 bits per heavy atom. The molecule has 1 unspecified atom stereocenters. The van der Waals surface area contributed by atoms with Crippen molar-refractivity contribution in [1.29, 1.82) is 0 Å². The molecular weight excluding hydrogens is 390 g/mol. The van der Waals surface area contributed by atoms with Crippen LogP contribution in [-0.2, 0) is 11.8 Å². The van der Waals surface area contributed by atoms with Gasteiger partial charge in [-0.1, -0.05) is 48.5 Å². The Bertz CT molecular complexity index is 1220. The molecule has 0 saturated carbocycles. The van der Waals surface area contributed by atoms with Gasteiger partial charge < -0.3 is 10.6 Å². The zero-order valence-electron chi connectivity index (χ0n) is 17.4. The maximum atomic E-state index is 12.8. The van der Waals surface area contributed by atoms with Crippen LogP contribution in [0, 0.1) is 6.92 Å². The van der Waals surface area contributed by atoms with E-state index in [0.29, 0.717) is 11.3 Å². The van der Waals surface area contributed by atoms with E-state index in [9.17, 15) is 9.59 Å². The molecule has 2 aromatic carbocycles. The summed E-state index contributed by atoms with van der Waals surface area (Å²) in [6, 6.07) is 19.8. The normalized spacial score (nSPS) is 11.8. The second kappa shape index (κ2) is 8.79. The molecule has 0 aliphatic heterocycles. The van der Waals surface area contributed by atoms with Crippen molar-refractivity contribution in [2.75, 3.05) is 5.32 Å². The molecule has 0 saturated heterocycles. The average molecular weight is 413 g/mol. The summed E-state index contributed by atoms with van der Waals surface area (Å²) in [5.74, 6) is -0.443. The summed E-state index contributed by atoms with van der Waals surface area (Å²) in [4.78, 5) is 29.9. The van der Waals surface area contributed by atoms with Crippen LogP contribution >= 0.6 is 0 Å². The predicted octanol–water partition coefficient (Wildman–Crippen LogP) is 3.78. The van der Waals surface area contributed by atoms with Gasteiger partial charge in [-0.2, -0.15) is 5.10 Å². The number of hydrogen-bond donors (Lipinski definition) is 2. The number of hydrogen-bond acceptors (Lipinski definition) is 4. The highest BCUT2D eigenvalue weighted by Gasteiger charge is 2.20. The van der Waals surface area contributed by atoms with E-state index in [1.165, 1.54) is 0 Å². The molecule has 0 fully saturated rings. The molecule has 2 aromatic heterocycles. The molecule has 2 heterocycles. The van der Waals surface area contributed by atoms with Crippen LogP contribution in [0.4, 0.5) is 5.69 Å². The van der Waals surface area contributed by atoms with Gasteiger partial charge in [-0.25, -0.2) is 4.98 Å². The van der Waals surface area contributed by atoms with Crippen molar-refractivity contribution in [2.45, 2.75) is 19.4 Å². The molecule has 0 aliphatic carbocycles. The minimum atomic E-state index is -0.467. The summed E-state index contributed by atoms with van der Waals surface area (Å²) in [5, 5.41) is 11.1. The van der Waals surface area contributed by atoms with E-state index in [1.807, 2.05) is 68.6 Å². The van der Waals surface area contributed by atoms with Gasteiger partial charge in [0.15, 0.2) is 5.65 Å². The lowest BCUT2D eigenvalue weighted by molar-refractivity contribution is -0.116. The number of fused-ring (bicyclic) bond motifs is 1. The third kappa shape index (κ3) is 4.61. The molecular formula is C24H23N5O2. The van der Waals surface area contributed by atoms with Crippen LogP contribution in [0.1, 0.15) is 34.1 Å². The van der Waals surface area contributed by atoms with Crippen molar-refractivity contribution in [3.8, 4) is 0 Å². The van der Waals surface area contributed by atoms with E-state index in [-0.39, 0.29) is 18.2 Å². The Kier molecular flexibility index (Phi) is 5.75. The first-order valence-corrected chi connectivity index (χ1v) is 10.0. The number of amides is 2. The van der Waals surface area contributed by atoms with E-state index in [1.54, 1.807) is 23.0 Å². The molecule has 31 heavy (non-hydrogen) atoms. The standard InChI is InChI=1S/C24H23N5O2/c1-16-20-13-19(15-25-23(20)29(2)28-16)26-22(30)14-21(17-9-5-3-6-10-17)27-24(31)18-11-7-4-8-12-18/h3-13,15,21H,14H2,1-2H3,(H,26,30)(H,27,31). The summed E-state index contributed by atoms with van der Waals surface area (Å²) in [6.45, 7) is 1.90. The highest BCUT2D eigenvalue weighted by molar-refractivity contribution is 5.96. The van der Waals surface area contributed by atoms with Gasteiger partial charge in [0.2, 0.25) is 5.91 Å². The zero-order chi connectivity index (χ0) is 21.8. The van der Waals surface area contributed by atoms with Crippen molar-refractivity contribution in [3.05, 3.63) is 89.7 Å². The SMILES string of the molecule is Cc1nn(C)c2ncc(NC(=O)CC(NC(=O)c3ccccc3)c3ccccc3)cc12. The highest BCUT2D eigenvalue weighted by Crippen LogP contribution is 2.21. The fraction of sp³-hybridized carbons (Fsp3) is 0.167. The third-order valence-electron chi connectivity index (χ3n) is 5.08. The first-order valence-electron chi connectivity index (χ1n) is 10.0. The summed E-state index contributed by atoms with van der Waals surface area (Å²) >= 11 is 0. The van der Waals surface area contributed by atoms with Gasteiger partial charge in [0.05, 0.1) is 30.0 Å². The van der Waals surface area contributed by atoms with Gasteiger partial charge in [-0.3, -0.25) is 14.3 Å². The number of nitrogens with one attached hydrogen (secondary N) is 2. The number of pyridine rings is 1. The Morgan fingerprint density at radius 1 is 1.03 bits per heavy atom. The molecule has 1 atom stereocenters. The Balaban J connectivity index is 1.52. The van der Waals surface area contributed by atoms with E-state index >= 15 is 0 Å². The lowest BCUT2D eigenvalue weighted by atomic mass is 10.0. The van der Waals surface area contributed by atoms with Crippen LogP contribution in [0.2, 0.25) is 0 Å². The molecule has 0 bridgehead atoms. The lowest BCUT2D eigenvalue weighted by Crippen LogP contribution is -2.31. The van der Waals surface area contributed by atoms with Crippen LogP contribution in [0.15, 0.2) is 72.9 Å². The third-order valence-corrected chi connectivity index (χ3v) is 5.08. The summed E-state index contributed by atoms with van der Waals surface area (Å²) < 4.78 is 1.71. The molecule has 0 radical (unpaired) electrons. The van der Waals surface area contributed by atoms with Gasteiger partial charge >= 0.3 is 0 Å². The number of carbonyl (C=O) groups excluding carboxylic acids is 2. The number of aryl methyl sites for hydroxylation is 2. The van der Waals surface area contributed by atoms with Gasteiger partial charge in [-0.15, -0.1) is 0 Å². The Labute approximate surface area is 180 Å². The molecule has 2 N–H and O–H groups in total. The van der Waals surface area contributed by atoms with Gasteiger partial charge in [0, 0.05) is 18.0 Å². The van der Waals surface area contributed by atoms with Gasteiger partial charge in [-0.05, 0) is 30.7 Å². The maximum Gasteiger partial charge on any atom is 0.251 e. The van der Waals surface area contributed by atoms with Gasteiger partial charge in [0.25, 0.3) is 5.91 Å². The van der Waals surface area contributed by atoms with Crippen LogP contribution < -0.4 is 10.6 Å². The Morgan fingerprint density at radius 2 is 1.71 bits per heavy atom. The smallest absolute Gasteiger partial charge is 0.251 e. The molecule has 0 aliphatic rings. The topological polar surface area (TPSA) is 88.9 Å². The van der Waals surface area contributed by atoms with E-state index in [0.717, 1.165) is 22.3 Å². The monoisotopic (exact) mass is 413 g/mol. The molecule has 0 spiro atoms. The zero-order valence-corrected chi connectivity index (χ0v) is 17.4. The van der Waals surface area contributed by atoms with E-state index in [4.69, 9.17) is 0 Å². The van der Waals surface area contributed by atoms with Crippen molar-refractivity contribution >= 4 is 28.5 Å². The van der Waals surface area contributed by atoms with Crippen molar-refractivity contribution in [1.82, 2.24) is 20.1 Å². The number of anilines is 1. The predicted molar refractivity (Wildman–Crippen MR) is 120 cm³/mol. The quantitative estimate of drug-likeness (QED) is 0.504. The number of aromatic nitrogens is 3. The molecule has 2 amide bonds. The molecule has 4 aromatic rings. The van der Waals surface area contributed by atoms with Crippen molar-refractivity contribution < 1.29 is 9.59 Å². The average Bonchev–Trinajstić information content (AvgIpc) is 3.07.